The number of unbranched alkanes of at least 4 members (excludes halogenated alkanes) is 2. The molecule has 7 rings (SSSR count). The van der Waals surface area contributed by atoms with Crippen LogP contribution in [0.5, 0.6) is 23.0 Å². The molecule has 3 heterocycles. The van der Waals surface area contributed by atoms with Gasteiger partial charge in [0.2, 0.25) is 20.0 Å². The fraction of sp³-hybridized carbons (Fsp3) is 0.431. The van der Waals surface area contributed by atoms with E-state index in [4.69, 9.17) is 25.5 Å². The third-order valence-electron chi connectivity index (χ3n) is 11.9. The van der Waals surface area contributed by atoms with E-state index in [1.54, 1.807) is 60.7 Å². The number of carbonyl (C=O) groups is 2. The molecule has 1 amide bonds. The SMILES string of the molecule is CCCCNc1cc(C(=O)NCCN2CCN(C)CC2)cc(S(N)(=O)=O)c1Oc1ccccc1.CCCCNc1cc(C(=O)n2ccnc2)cc(S(N)(=O)=O)c1Oc1ccccc1.CN1CCN(CCN)CC1. The van der Waals surface area contributed by atoms with Gasteiger partial charge >= 0.3 is 0 Å². The van der Waals surface area contributed by atoms with Crippen LogP contribution in [0.3, 0.4) is 0 Å². The average Bonchev–Trinajstić information content (AvgIpc) is 3.92. The van der Waals surface area contributed by atoms with Crippen LogP contribution in [0.4, 0.5) is 11.4 Å². The number of sulfonamides is 2. The zero-order valence-corrected chi connectivity index (χ0v) is 44.2. The largest absolute Gasteiger partial charge is 0.454 e. The van der Waals surface area contributed by atoms with Gasteiger partial charge in [0.1, 0.15) is 27.6 Å². The van der Waals surface area contributed by atoms with Crippen molar-refractivity contribution in [1.82, 2.24) is 34.5 Å². The van der Waals surface area contributed by atoms with Crippen LogP contribution in [0, 0.1) is 0 Å². The van der Waals surface area contributed by atoms with Gasteiger partial charge in [0, 0.05) is 115 Å². The lowest BCUT2D eigenvalue weighted by atomic mass is 10.1. The molecule has 0 radical (unpaired) electrons. The minimum Gasteiger partial charge on any atom is -0.454 e. The number of hydrogen-bond acceptors (Lipinski definition) is 16. The van der Waals surface area contributed by atoms with Crippen molar-refractivity contribution in [2.45, 2.75) is 49.3 Å². The molecule has 0 unspecified atom stereocenters. The molecule has 5 aromatic rings. The fourth-order valence-electron chi connectivity index (χ4n) is 7.65. The lowest BCUT2D eigenvalue weighted by Crippen LogP contribution is -2.46. The quantitative estimate of drug-likeness (QED) is 0.0543. The predicted octanol–water partition coefficient (Wildman–Crippen LogP) is 4.73. The zero-order chi connectivity index (χ0) is 52.8. The Hall–Kier alpha value is -5.95. The molecule has 2 saturated heterocycles. The van der Waals surface area contributed by atoms with Gasteiger partial charge in [0.05, 0.1) is 11.4 Å². The number of primary sulfonamides is 2. The monoisotopic (exact) mass is 1050 g/mol. The van der Waals surface area contributed by atoms with E-state index >= 15 is 0 Å². The summed E-state index contributed by atoms with van der Waals surface area (Å²) in [4.78, 5) is 38.4. The van der Waals surface area contributed by atoms with Crippen LogP contribution in [-0.2, 0) is 20.0 Å². The predicted molar refractivity (Wildman–Crippen MR) is 287 cm³/mol. The molecule has 1 aromatic heterocycles. The summed E-state index contributed by atoms with van der Waals surface area (Å²) in [6.45, 7) is 17.0. The molecule has 2 aliphatic rings. The lowest BCUT2D eigenvalue weighted by Gasteiger charge is -2.32. The minimum atomic E-state index is -4.17. The van der Waals surface area contributed by atoms with Gasteiger partial charge in [-0.3, -0.25) is 24.0 Å². The van der Waals surface area contributed by atoms with Gasteiger partial charge in [-0.15, -0.1) is 0 Å². The summed E-state index contributed by atoms with van der Waals surface area (Å²) in [5, 5.41) is 20.3. The van der Waals surface area contributed by atoms with Crippen molar-refractivity contribution in [1.29, 1.82) is 0 Å². The Labute approximate surface area is 431 Å². The van der Waals surface area contributed by atoms with Crippen molar-refractivity contribution in [3.05, 3.63) is 115 Å². The van der Waals surface area contributed by atoms with Gasteiger partial charge in [-0.05, 0) is 75.5 Å². The fourth-order valence-corrected chi connectivity index (χ4v) is 9.05. The number of rotatable bonds is 21. The Bertz CT molecular complexity index is 2700. The van der Waals surface area contributed by atoms with Crippen molar-refractivity contribution in [3.63, 3.8) is 0 Å². The van der Waals surface area contributed by atoms with Crippen LogP contribution in [0.15, 0.2) is 113 Å². The maximum Gasteiger partial charge on any atom is 0.263 e. The van der Waals surface area contributed by atoms with Crippen molar-refractivity contribution >= 4 is 43.2 Å². The van der Waals surface area contributed by atoms with E-state index in [1.807, 2.05) is 19.1 Å². The van der Waals surface area contributed by atoms with Gasteiger partial charge in [0.25, 0.3) is 11.8 Å². The molecule has 2 aliphatic heterocycles. The van der Waals surface area contributed by atoms with E-state index in [2.05, 4.69) is 61.6 Å². The number of benzene rings is 4. The van der Waals surface area contributed by atoms with Gasteiger partial charge in [0.15, 0.2) is 11.5 Å². The molecule has 9 N–H and O–H groups in total. The highest BCUT2D eigenvalue weighted by atomic mass is 32.2. The summed E-state index contributed by atoms with van der Waals surface area (Å²) >= 11 is 0. The number of para-hydroxylation sites is 2. The normalized spacial score (nSPS) is 14.7. The maximum atomic E-state index is 12.9. The van der Waals surface area contributed by atoms with Crippen molar-refractivity contribution in [3.8, 4) is 23.0 Å². The standard InChI is InChI=1S/C24H35N5O4S.C20H22N4O4S.C7H17N3/c1-3-4-10-26-21-17-19(24(30)27-11-12-29-15-13-28(2)14-16-29)18-22(34(25,31)32)23(21)33-20-8-6-5-7-9-20;1-2-3-9-23-17-12-15(20(25)24-11-10-22-14-24)13-18(29(21,26)27)19(17)28-16-7-5-4-6-8-16;1-9-4-6-10(3-2-8)7-5-9/h5-9,17-18,26H,3-4,10-16H2,1-2H3,(H,27,30)(H2,25,31,32);4-8,10-14,23H,2-3,9H2,1H3,(H2,21,26,27);2-8H2,1H3. The number of carbonyl (C=O) groups excluding carboxylic acids is 2. The van der Waals surface area contributed by atoms with E-state index in [0.717, 1.165) is 71.5 Å². The van der Waals surface area contributed by atoms with Crippen LogP contribution >= 0.6 is 0 Å². The van der Waals surface area contributed by atoms with Crippen molar-refractivity contribution < 1.29 is 35.9 Å². The summed E-state index contributed by atoms with van der Waals surface area (Å²) in [5.74, 6) is 0.261. The van der Waals surface area contributed by atoms with Crippen molar-refractivity contribution in [2.24, 2.45) is 16.0 Å². The van der Waals surface area contributed by atoms with E-state index < -0.39 is 26.0 Å². The molecular formula is C51H74N12O8S2. The number of hydrogen-bond donors (Lipinski definition) is 6. The van der Waals surface area contributed by atoms with Crippen LogP contribution < -0.4 is 41.4 Å². The first-order chi connectivity index (χ1) is 35.0. The average molecular weight is 1050 g/mol. The van der Waals surface area contributed by atoms with Crippen LogP contribution in [-0.4, -0.2) is 164 Å². The number of nitrogens with one attached hydrogen (secondary N) is 3. The molecule has 0 bridgehead atoms. The molecule has 0 spiro atoms. The molecular weight excluding hydrogens is 973 g/mol. The highest BCUT2D eigenvalue weighted by molar-refractivity contribution is 7.89. The van der Waals surface area contributed by atoms with Crippen LogP contribution in [0.25, 0.3) is 0 Å². The summed E-state index contributed by atoms with van der Waals surface area (Å²) < 4.78 is 62.7. The third-order valence-corrected chi connectivity index (χ3v) is 13.8. The maximum absolute atomic E-state index is 12.9. The number of piperazine rings is 2. The molecule has 20 nitrogen and oxygen atoms in total. The Kier molecular flexibility index (Phi) is 23.1. The lowest BCUT2D eigenvalue weighted by molar-refractivity contribution is 0.0938. The third kappa shape index (κ3) is 18.8. The summed E-state index contributed by atoms with van der Waals surface area (Å²) in [5.41, 5.74) is 6.58. The Balaban J connectivity index is 0.000000229. The summed E-state index contributed by atoms with van der Waals surface area (Å²) in [6.07, 6.45) is 7.92. The first-order valence-electron chi connectivity index (χ1n) is 24.7. The van der Waals surface area contributed by atoms with Crippen molar-refractivity contribution in [2.75, 3.05) is 116 Å². The van der Waals surface area contributed by atoms with Gasteiger partial charge in [-0.25, -0.2) is 32.1 Å². The van der Waals surface area contributed by atoms with E-state index in [9.17, 15) is 26.4 Å². The molecule has 22 heteroatoms. The Morgan fingerprint density at radius 1 is 0.630 bits per heavy atom. The summed E-state index contributed by atoms with van der Waals surface area (Å²) in [7, 11) is -4.07. The molecule has 2 fully saturated rings. The molecule has 73 heavy (non-hydrogen) atoms. The first-order valence-corrected chi connectivity index (χ1v) is 27.8. The molecule has 0 aliphatic carbocycles. The molecule has 0 saturated carbocycles. The minimum absolute atomic E-state index is 0.0528. The number of ether oxygens (including phenoxy) is 2. The van der Waals surface area contributed by atoms with Gasteiger partial charge in [-0.1, -0.05) is 63.1 Å². The second-order valence-corrected chi connectivity index (χ2v) is 20.9. The number of nitrogens with two attached hydrogens (primary N) is 3. The van der Waals surface area contributed by atoms with E-state index in [0.29, 0.717) is 42.5 Å². The number of amides is 1. The highest BCUT2D eigenvalue weighted by Crippen LogP contribution is 2.39. The Morgan fingerprint density at radius 2 is 1.08 bits per heavy atom. The van der Waals surface area contributed by atoms with Gasteiger partial charge < -0.3 is 41.0 Å². The topological polar surface area (TPSA) is 266 Å². The second kappa shape index (κ2) is 29.1. The number of nitrogens with zero attached hydrogens (tertiary/aromatic N) is 6. The van der Waals surface area contributed by atoms with Gasteiger partial charge in [-0.2, -0.15) is 0 Å². The smallest absolute Gasteiger partial charge is 0.263 e. The molecule has 0 atom stereocenters. The highest BCUT2D eigenvalue weighted by Gasteiger charge is 2.26. The molecule has 398 valence electrons. The second-order valence-electron chi connectivity index (χ2n) is 17.8. The number of imidazole rings is 1. The number of anilines is 2. The number of likely N-dealkylation sites (N-methyl/N-ethyl adjacent to an activating group) is 2. The van der Waals surface area contributed by atoms with E-state index in [1.165, 1.54) is 61.6 Å². The van der Waals surface area contributed by atoms with Crippen LogP contribution in [0.2, 0.25) is 0 Å². The van der Waals surface area contributed by atoms with Crippen LogP contribution in [0.1, 0.15) is 60.2 Å². The Morgan fingerprint density at radius 3 is 1.51 bits per heavy atom. The zero-order valence-electron chi connectivity index (χ0n) is 42.5. The van der Waals surface area contributed by atoms with E-state index in [-0.39, 0.29) is 38.3 Å². The summed E-state index contributed by atoms with van der Waals surface area (Å²) in [6, 6.07) is 23.3. The first kappa shape index (κ1) is 57.9. The number of aromatic nitrogens is 2. The molecule has 4 aromatic carbocycles.